The highest BCUT2D eigenvalue weighted by molar-refractivity contribution is 5.55. The van der Waals surface area contributed by atoms with Gasteiger partial charge in [0.15, 0.2) is 0 Å². The molecule has 1 rings (SSSR count). The zero-order valence-corrected chi connectivity index (χ0v) is 9.18. The van der Waals surface area contributed by atoms with Gasteiger partial charge in [-0.15, -0.1) is 0 Å². The van der Waals surface area contributed by atoms with E-state index in [1.54, 1.807) is 0 Å². The molecular formula is C9H7F3N2O5. The molecular weight excluding hydrogens is 273 g/mol. The van der Waals surface area contributed by atoms with E-state index in [1.807, 2.05) is 0 Å². The number of nitro benzene ring substituents is 2. The Balaban J connectivity index is 3.65. The Morgan fingerprint density at radius 2 is 1.74 bits per heavy atom. The van der Waals surface area contributed by atoms with Crippen LogP contribution in [0.4, 0.5) is 24.5 Å². The lowest BCUT2D eigenvalue weighted by atomic mass is 10.0. The van der Waals surface area contributed by atoms with E-state index in [9.17, 15) is 33.4 Å². The molecule has 0 heterocycles. The van der Waals surface area contributed by atoms with E-state index in [4.69, 9.17) is 5.11 Å². The highest BCUT2D eigenvalue weighted by Gasteiger charge is 2.38. The van der Waals surface area contributed by atoms with Gasteiger partial charge in [-0.3, -0.25) is 20.2 Å². The van der Waals surface area contributed by atoms with E-state index in [-0.39, 0.29) is 6.07 Å². The molecule has 0 saturated heterocycles. The molecule has 10 heteroatoms. The fourth-order valence-corrected chi connectivity index (χ4v) is 1.54. The van der Waals surface area contributed by atoms with Crippen molar-refractivity contribution < 1.29 is 28.1 Å². The van der Waals surface area contributed by atoms with Crippen molar-refractivity contribution in [3.05, 3.63) is 43.5 Å². The van der Waals surface area contributed by atoms with E-state index in [2.05, 4.69) is 0 Å². The van der Waals surface area contributed by atoms with Crippen LogP contribution < -0.4 is 0 Å². The standard InChI is InChI=1S/C9H7F3N2O5/c10-9(11,12)7-3-5(13(16)17)4-8(14(18)19)6(7)1-2-15/h3-4,15H,1-2H2. The number of benzene rings is 1. The molecule has 0 aromatic heterocycles. The Labute approximate surface area is 103 Å². The molecule has 1 aromatic rings. The van der Waals surface area contributed by atoms with Crippen molar-refractivity contribution in [3.63, 3.8) is 0 Å². The lowest BCUT2D eigenvalue weighted by Gasteiger charge is -2.12. The van der Waals surface area contributed by atoms with Crippen molar-refractivity contribution >= 4 is 11.4 Å². The molecule has 0 unspecified atom stereocenters. The van der Waals surface area contributed by atoms with Crippen LogP contribution in [-0.4, -0.2) is 21.6 Å². The summed E-state index contributed by atoms with van der Waals surface area (Å²) in [6.45, 7) is -0.748. The third-order valence-electron chi connectivity index (χ3n) is 2.29. The van der Waals surface area contributed by atoms with Crippen LogP contribution in [0.3, 0.4) is 0 Å². The van der Waals surface area contributed by atoms with Gasteiger partial charge in [0.2, 0.25) is 0 Å². The van der Waals surface area contributed by atoms with Crippen molar-refractivity contribution in [2.45, 2.75) is 12.6 Å². The van der Waals surface area contributed by atoms with Gasteiger partial charge in [-0.1, -0.05) is 0 Å². The highest BCUT2D eigenvalue weighted by Crippen LogP contribution is 2.39. The Hall–Kier alpha value is -2.23. The lowest BCUT2D eigenvalue weighted by Crippen LogP contribution is -2.13. The van der Waals surface area contributed by atoms with Crippen molar-refractivity contribution in [1.82, 2.24) is 0 Å². The molecule has 0 amide bonds. The molecule has 0 fully saturated rings. The molecule has 0 bridgehead atoms. The number of nitro groups is 2. The maximum absolute atomic E-state index is 12.7. The summed E-state index contributed by atoms with van der Waals surface area (Å²) >= 11 is 0. The number of aliphatic hydroxyl groups is 1. The molecule has 0 aliphatic rings. The minimum atomic E-state index is -4.98. The van der Waals surface area contributed by atoms with Gasteiger partial charge < -0.3 is 5.11 Å². The Bertz CT molecular complexity index is 529. The number of aliphatic hydroxyl groups excluding tert-OH is 1. The molecule has 0 aliphatic carbocycles. The summed E-state index contributed by atoms with van der Waals surface area (Å²) in [5.74, 6) is 0. The summed E-state index contributed by atoms with van der Waals surface area (Å²) in [4.78, 5) is 18.9. The predicted molar refractivity (Wildman–Crippen MR) is 55.5 cm³/mol. The van der Waals surface area contributed by atoms with Crippen molar-refractivity contribution in [1.29, 1.82) is 0 Å². The number of rotatable bonds is 4. The second-order valence-corrected chi connectivity index (χ2v) is 3.48. The Morgan fingerprint density at radius 1 is 1.16 bits per heavy atom. The second-order valence-electron chi connectivity index (χ2n) is 3.48. The molecule has 7 nitrogen and oxygen atoms in total. The van der Waals surface area contributed by atoms with Crippen LogP contribution in [0.2, 0.25) is 0 Å². The van der Waals surface area contributed by atoms with Crippen LogP contribution in [0, 0.1) is 20.2 Å². The smallest absolute Gasteiger partial charge is 0.396 e. The largest absolute Gasteiger partial charge is 0.417 e. The molecule has 0 spiro atoms. The van der Waals surface area contributed by atoms with Crippen LogP contribution in [0.1, 0.15) is 11.1 Å². The molecule has 19 heavy (non-hydrogen) atoms. The first-order valence-corrected chi connectivity index (χ1v) is 4.82. The summed E-state index contributed by atoms with van der Waals surface area (Å²) in [6, 6.07) is 0.665. The fraction of sp³-hybridized carbons (Fsp3) is 0.333. The summed E-state index contributed by atoms with van der Waals surface area (Å²) < 4.78 is 38.2. The minimum absolute atomic E-state index is 0.220. The summed E-state index contributed by atoms with van der Waals surface area (Å²) in [6.07, 6.45) is -5.61. The third kappa shape index (κ3) is 3.16. The number of nitrogens with zero attached hydrogens (tertiary/aromatic N) is 2. The van der Waals surface area contributed by atoms with Crippen LogP contribution >= 0.6 is 0 Å². The first-order valence-electron chi connectivity index (χ1n) is 4.82. The van der Waals surface area contributed by atoms with E-state index < -0.39 is 51.6 Å². The van der Waals surface area contributed by atoms with E-state index >= 15 is 0 Å². The van der Waals surface area contributed by atoms with Crippen LogP contribution in [0.15, 0.2) is 12.1 Å². The highest BCUT2D eigenvalue weighted by atomic mass is 19.4. The van der Waals surface area contributed by atoms with Crippen LogP contribution in [0.25, 0.3) is 0 Å². The van der Waals surface area contributed by atoms with Gasteiger partial charge in [0.25, 0.3) is 11.4 Å². The lowest BCUT2D eigenvalue weighted by molar-refractivity contribution is -0.395. The third-order valence-corrected chi connectivity index (χ3v) is 2.29. The van der Waals surface area contributed by atoms with Crippen LogP contribution in [-0.2, 0) is 12.6 Å². The number of hydrogen-bond acceptors (Lipinski definition) is 5. The molecule has 104 valence electrons. The van der Waals surface area contributed by atoms with Gasteiger partial charge in [0.1, 0.15) is 0 Å². The predicted octanol–water partition coefficient (Wildman–Crippen LogP) is 2.06. The Morgan fingerprint density at radius 3 is 2.11 bits per heavy atom. The maximum Gasteiger partial charge on any atom is 0.417 e. The van der Waals surface area contributed by atoms with Gasteiger partial charge in [0, 0.05) is 24.7 Å². The van der Waals surface area contributed by atoms with Crippen molar-refractivity contribution in [2.24, 2.45) is 0 Å². The molecule has 0 radical (unpaired) electrons. The molecule has 1 N–H and O–H groups in total. The summed E-state index contributed by atoms with van der Waals surface area (Å²) in [7, 11) is 0. The summed E-state index contributed by atoms with van der Waals surface area (Å²) in [5, 5.41) is 29.8. The zero-order chi connectivity index (χ0) is 14.8. The van der Waals surface area contributed by atoms with Gasteiger partial charge >= 0.3 is 6.18 Å². The van der Waals surface area contributed by atoms with Crippen molar-refractivity contribution in [2.75, 3.05) is 6.61 Å². The topological polar surface area (TPSA) is 107 Å². The quantitative estimate of drug-likeness (QED) is 0.671. The van der Waals surface area contributed by atoms with E-state index in [0.29, 0.717) is 6.07 Å². The zero-order valence-electron chi connectivity index (χ0n) is 9.18. The second kappa shape index (κ2) is 5.18. The molecule has 1 aromatic carbocycles. The van der Waals surface area contributed by atoms with Crippen LogP contribution in [0.5, 0.6) is 0 Å². The SMILES string of the molecule is O=[N+]([O-])c1cc([N+](=O)[O-])c(CCO)c(C(F)(F)F)c1. The van der Waals surface area contributed by atoms with Crippen molar-refractivity contribution in [3.8, 4) is 0 Å². The number of non-ortho nitro benzene ring substituents is 1. The first kappa shape index (κ1) is 14.8. The molecule has 0 saturated carbocycles. The summed E-state index contributed by atoms with van der Waals surface area (Å²) in [5.41, 5.74) is -4.32. The maximum atomic E-state index is 12.7. The minimum Gasteiger partial charge on any atom is -0.396 e. The average molecular weight is 280 g/mol. The van der Waals surface area contributed by atoms with E-state index in [1.165, 1.54) is 0 Å². The van der Waals surface area contributed by atoms with Gasteiger partial charge in [-0.05, 0) is 0 Å². The normalized spacial score (nSPS) is 11.4. The number of hydrogen-bond donors (Lipinski definition) is 1. The van der Waals surface area contributed by atoms with Gasteiger partial charge in [-0.25, -0.2) is 0 Å². The van der Waals surface area contributed by atoms with E-state index in [0.717, 1.165) is 0 Å². The first-order chi connectivity index (χ1) is 8.68. The molecule has 0 aliphatic heterocycles. The fourth-order valence-electron chi connectivity index (χ4n) is 1.54. The molecule has 0 atom stereocenters. The van der Waals surface area contributed by atoms with Gasteiger partial charge in [-0.2, -0.15) is 13.2 Å². The van der Waals surface area contributed by atoms with Gasteiger partial charge in [0.05, 0.1) is 21.5 Å². The monoisotopic (exact) mass is 280 g/mol. The Kier molecular flexibility index (Phi) is 4.04. The number of alkyl halides is 3. The number of halogens is 3. The average Bonchev–Trinajstić information content (AvgIpc) is 2.27.